The second kappa shape index (κ2) is 17.0. The largest absolute Gasteiger partial charge is 0.478 e. The minimum atomic E-state index is -0.937. The van der Waals surface area contributed by atoms with Crippen LogP contribution >= 0.6 is 0 Å². The monoisotopic (exact) mass is 322 g/mol. The van der Waals surface area contributed by atoms with Gasteiger partial charge in [-0.2, -0.15) is 0 Å². The molecule has 0 aliphatic rings. The van der Waals surface area contributed by atoms with Crippen LogP contribution in [0.1, 0.15) is 77.6 Å². The Morgan fingerprint density at radius 1 is 0.870 bits per heavy atom. The van der Waals surface area contributed by atoms with Gasteiger partial charge in [0, 0.05) is 6.08 Å². The van der Waals surface area contributed by atoms with Crippen molar-refractivity contribution in [1.29, 1.82) is 0 Å². The fourth-order valence-corrected chi connectivity index (χ4v) is 2.39. The van der Waals surface area contributed by atoms with Crippen molar-refractivity contribution in [3.63, 3.8) is 0 Å². The number of aliphatic carboxylic acids is 1. The fraction of sp³-hybridized carbons (Fsp3) is 0.650. The smallest absolute Gasteiger partial charge is 0.328 e. The first kappa shape index (κ1) is 21.6. The molecule has 0 aromatic carbocycles. The van der Waals surface area contributed by atoms with Crippen LogP contribution < -0.4 is 0 Å². The molecule has 0 amide bonds. The number of aliphatic hydroxyl groups is 1. The second-order valence-electron chi connectivity index (χ2n) is 6.01. The van der Waals surface area contributed by atoms with E-state index in [1.54, 1.807) is 6.08 Å². The molecule has 0 saturated heterocycles. The molecule has 0 rings (SSSR count). The molecule has 0 aromatic heterocycles. The van der Waals surface area contributed by atoms with E-state index in [0.29, 0.717) is 0 Å². The highest BCUT2D eigenvalue weighted by Crippen LogP contribution is 2.12. The number of carboxylic acids is 1. The topological polar surface area (TPSA) is 57.5 Å². The molecule has 0 radical (unpaired) electrons. The summed E-state index contributed by atoms with van der Waals surface area (Å²) < 4.78 is 0. The number of unbranched alkanes of at least 4 members (excludes halogenated alkanes) is 7. The third kappa shape index (κ3) is 18.6. The summed E-state index contributed by atoms with van der Waals surface area (Å²) in [6.45, 7) is 2.23. The maximum Gasteiger partial charge on any atom is 0.328 e. The van der Waals surface area contributed by atoms with E-state index in [1.807, 2.05) is 18.2 Å². The fourth-order valence-electron chi connectivity index (χ4n) is 2.39. The van der Waals surface area contributed by atoms with Crippen LogP contribution in [-0.4, -0.2) is 22.3 Å². The van der Waals surface area contributed by atoms with Crippen molar-refractivity contribution in [1.82, 2.24) is 0 Å². The van der Waals surface area contributed by atoms with E-state index in [1.165, 1.54) is 44.6 Å². The lowest BCUT2D eigenvalue weighted by atomic mass is 10.0. The highest BCUT2D eigenvalue weighted by molar-refractivity contribution is 5.80. The molecule has 0 aliphatic carbocycles. The van der Waals surface area contributed by atoms with Crippen LogP contribution in [0.4, 0.5) is 0 Å². The zero-order chi connectivity index (χ0) is 17.2. The highest BCUT2D eigenvalue weighted by atomic mass is 16.4. The first-order valence-corrected chi connectivity index (χ1v) is 9.07. The molecular weight excluding hydrogens is 288 g/mol. The minimum Gasteiger partial charge on any atom is -0.478 e. The van der Waals surface area contributed by atoms with Gasteiger partial charge in [-0.15, -0.1) is 0 Å². The second-order valence-corrected chi connectivity index (χ2v) is 6.01. The first-order valence-electron chi connectivity index (χ1n) is 9.07. The van der Waals surface area contributed by atoms with Crippen molar-refractivity contribution in [3.8, 4) is 0 Å². The number of hydrogen-bond acceptors (Lipinski definition) is 2. The summed E-state index contributed by atoms with van der Waals surface area (Å²) in [6.07, 6.45) is 22.7. The van der Waals surface area contributed by atoms with Gasteiger partial charge >= 0.3 is 5.97 Å². The summed E-state index contributed by atoms with van der Waals surface area (Å²) in [5.41, 5.74) is 0. The van der Waals surface area contributed by atoms with Crippen LogP contribution in [0.5, 0.6) is 0 Å². The van der Waals surface area contributed by atoms with E-state index in [4.69, 9.17) is 5.11 Å². The van der Waals surface area contributed by atoms with Crippen LogP contribution in [0.25, 0.3) is 0 Å². The van der Waals surface area contributed by atoms with Gasteiger partial charge in [0.05, 0.1) is 6.10 Å². The third-order valence-electron chi connectivity index (χ3n) is 3.76. The summed E-state index contributed by atoms with van der Waals surface area (Å²) in [4.78, 5) is 10.2. The molecule has 1 atom stereocenters. The Labute approximate surface area is 141 Å². The average Bonchev–Trinajstić information content (AvgIpc) is 2.52. The molecule has 0 aromatic rings. The van der Waals surface area contributed by atoms with Gasteiger partial charge in [-0.3, -0.25) is 0 Å². The van der Waals surface area contributed by atoms with Crippen LogP contribution in [0.2, 0.25) is 0 Å². The van der Waals surface area contributed by atoms with Gasteiger partial charge in [0.15, 0.2) is 0 Å². The predicted octanol–water partition coefficient (Wildman–Crippen LogP) is 5.41. The van der Waals surface area contributed by atoms with Gasteiger partial charge in [0.25, 0.3) is 0 Å². The average molecular weight is 322 g/mol. The van der Waals surface area contributed by atoms with Crippen LogP contribution in [0, 0.1) is 0 Å². The molecule has 0 aliphatic heterocycles. The standard InChI is InChI=1S/C20H34O3/c1-2-3-4-5-7-10-13-16-19(21)17-14-11-8-6-9-12-15-18-20(22)23/h6,8-9,12,15,18-19,21H,2-5,7,10-11,13-14,16-17H2,1H3,(H,22,23)/b8-6+,12-9+,18-15+. The van der Waals surface area contributed by atoms with Gasteiger partial charge in [-0.1, -0.05) is 82.2 Å². The van der Waals surface area contributed by atoms with Crippen LogP contribution in [-0.2, 0) is 4.79 Å². The van der Waals surface area contributed by atoms with Crippen molar-refractivity contribution in [3.05, 3.63) is 36.5 Å². The zero-order valence-corrected chi connectivity index (χ0v) is 14.6. The lowest BCUT2D eigenvalue weighted by Gasteiger charge is -2.09. The summed E-state index contributed by atoms with van der Waals surface area (Å²) in [5, 5.41) is 18.3. The summed E-state index contributed by atoms with van der Waals surface area (Å²) in [6, 6.07) is 0. The highest BCUT2D eigenvalue weighted by Gasteiger charge is 2.02. The van der Waals surface area contributed by atoms with Gasteiger partial charge in [-0.25, -0.2) is 4.79 Å². The van der Waals surface area contributed by atoms with E-state index in [2.05, 4.69) is 6.92 Å². The molecule has 1 unspecified atom stereocenters. The van der Waals surface area contributed by atoms with Crippen molar-refractivity contribution >= 4 is 5.97 Å². The van der Waals surface area contributed by atoms with Gasteiger partial charge in [0.2, 0.25) is 0 Å². The van der Waals surface area contributed by atoms with Gasteiger partial charge < -0.3 is 10.2 Å². The van der Waals surface area contributed by atoms with Crippen molar-refractivity contribution in [2.75, 3.05) is 0 Å². The Kier molecular flexibility index (Phi) is 16.0. The SMILES string of the molecule is CCCCCCCCCC(O)CCC/C=C/C=C/C=C/C(=O)O. The maximum absolute atomic E-state index is 10.2. The van der Waals surface area contributed by atoms with Crippen molar-refractivity contribution in [2.45, 2.75) is 83.7 Å². The molecule has 132 valence electrons. The van der Waals surface area contributed by atoms with E-state index in [9.17, 15) is 9.90 Å². The maximum atomic E-state index is 10.2. The van der Waals surface area contributed by atoms with Crippen molar-refractivity contribution in [2.24, 2.45) is 0 Å². The Hall–Kier alpha value is -1.35. The van der Waals surface area contributed by atoms with E-state index in [0.717, 1.165) is 38.2 Å². The third-order valence-corrected chi connectivity index (χ3v) is 3.76. The molecule has 23 heavy (non-hydrogen) atoms. The molecule has 2 N–H and O–H groups in total. The lowest BCUT2D eigenvalue weighted by Crippen LogP contribution is -2.05. The number of hydrogen-bond donors (Lipinski definition) is 2. The van der Waals surface area contributed by atoms with Gasteiger partial charge in [-0.05, 0) is 25.7 Å². The molecule has 0 heterocycles. The van der Waals surface area contributed by atoms with Crippen LogP contribution in [0.3, 0.4) is 0 Å². The molecule has 3 nitrogen and oxygen atoms in total. The van der Waals surface area contributed by atoms with Gasteiger partial charge in [0.1, 0.15) is 0 Å². The Bertz CT molecular complexity index is 356. The molecule has 0 saturated carbocycles. The van der Waals surface area contributed by atoms with E-state index in [-0.39, 0.29) is 6.10 Å². The molecule has 0 fully saturated rings. The van der Waals surface area contributed by atoms with E-state index < -0.39 is 5.97 Å². The molecule has 0 spiro atoms. The first-order chi connectivity index (χ1) is 11.2. The number of allylic oxidation sites excluding steroid dienone is 5. The summed E-state index contributed by atoms with van der Waals surface area (Å²) in [7, 11) is 0. The molecular formula is C20H34O3. The van der Waals surface area contributed by atoms with E-state index >= 15 is 0 Å². The Morgan fingerprint density at radius 2 is 1.48 bits per heavy atom. The Balaban J connectivity index is 3.42. The number of rotatable bonds is 15. The molecule has 0 bridgehead atoms. The number of aliphatic hydroxyl groups excluding tert-OH is 1. The summed E-state index contributed by atoms with van der Waals surface area (Å²) >= 11 is 0. The number of carboxylic acid groups (broad SMARTS) is 1. The van der Waals surface area contributed by atoms with Crippen molar-refractivity contribution < 1.29 is 15.0 Å². The quantitative estimate of drug-likeness (QED) is 0.241. The predicted molar refractivity (Wildman–Crippen MR) is 97.5 cm³/mol. The molecule has 3 heteroatoms. The normalized spacial score (nSPS) is 13.5. The Morgan fingerprint density at radius 3 is 2.17 bits per heavy atom. The zero-order valence-electron chi connectivity index (χ0n) is 14.6. The number of carbonyl (C=O) groups is 1. The minimum absolute atomic E-state index is 0.159. The summed E-state index contributed by atoms with van der Waals surface area (Å²) in [5.74, 6) is -0.937. The lowest BCUT2D eigenvalue weighted by molar-refractivity contribution is -0.131. The van der Waals surface area contributed by atoms with Crippen LogP contribution in [0.15, 0.2) is 36.5 Å².